The van der Waals surface area contributed by atoms with Crippen molar-refractivity contribution in [2.45, 2.75) is 38.6 Å². The summed E-state index contributed by atoms with van der Waals surface area (Å²) in [4.78, 5) is 2.17. The standard InChI is InChI=1S/C14H18F2N2O2/c1-8-9(2)18(6-5-11(8)17)10-3-4-12-13(7-10)20-14(15,16)19-12/h3-4,7-9,11H,5-6,17H2,1-2H3. The zero-order valence-electron chi connectivity index (χ0n) is 11.5. The third-order valence-electron chi connectivity index (χ3n) is 4.35. The Labute approximate surface area is 116 Å². The van der Waals surface area contributed by atoms with Crippen LogP contribution in [-0.2, 0) is 0 Å². The molecule has 0 aromatic heterocycles. The average Bonchev–Trinajstić information content (AvgIpc) is 2.69. The van der Waals surface area contributed by atoms with Crippen LogP contribution in [0.25, 0.3) is 0 Å². The first-order chi connectivity index (χ1) is 9.37. The second-order valence-electron chi connectivity index (χ2n) is 5.54. The molecule has 6 heteroatoms. The minimum atomic E-state index is -3.57. The molecule has 2 N–H and O–H groups in total. The number of halogens is 2. The highest BCUT2D eigenvalue weighted by atomic mass is 19.3. The molecule has 3 atom stereocenters. The number of nitrogens with zero attached hydrogens (tertiary/aromatic N) is 1. The maximum atomic E-state index is 13.0. The maximum Gasteiger partial charge on any atom is 0.586 e. The molecule has 0 amide bonds. The Morgan fingerprint density at radius 3 is 2.70 bits per heavy atom. The van der Waals surface area contributed by atoms with Crippen molar-refractivity contribution in [3.8, 4) is 11.5 Å². The van der Waals surface area contributed by atoms with Crippen LogP contribution >= 0.6 is 0 Å². The summed E-state index contributed by atoms with van der Waals surface area (Å²) in [5.74, 6) is 0.506. The lowest BCUT2D eigenvalue weighted by molar-refractivity contribution is -0.286. The molecular weight excluding hydrogens is 266 g/mol. The summed E-state index contributed by atoms with van der Waals surface area (Å²) in [6.45, 7) is 5.02. The number of nitrogens with two attached hydrogens (primary N) is 1. The fourth-order valence-corrected chi connectivity index (χ4v) is 2.88. The number of rotatable bonds is 1. The number of piperidine rings is 1. The molecular formula is C14H18F2N2O2. The van der Waals surface area contributed by atoms with Crippen molar-refractivity contribution < 1.29 is 18.3 Å². The highest BCUT2D eigenvalue weighted by Crippen LogP contribution is 2.43. The molecule has 3 unspecified atom stereocenters. The molecule has 1 saturated heterocycles. The van der Waals surface area contributed by atoms with E-state index in [-0.39, 0.29) is 23.6 Å². The monoisotopic (exact) mass is 284 g/mol. The number of hydrogen-bond acceptors (Lipinski definition) is 4. The van der Waals surface area contributed by atoms with E-state index in [0.717, 1.165) is 18.7 Å². The van der Waals surface area contributed by atoms with Gasteiger partial charge >= 0.3 is 6.29 Å². The fourth-order valence-electron chi connectivity index (χ4n) is 2.88. The van der Waals surface area contributed by atoms with Gasteiger partial charge in [-0.05, 0) is 31.4 Å². The topological polar surface area (TPSA) is 47.7 Å². The summed E-state index contributed by atoms with van der Waals surface area (Å²) in [7, 11) is 0. The van der Waals surface area contributed by atoms with Gasteiger partial charge in [0.05, 0.1) is 0 Å². The van der Waals surface area contributed by atoms with Crippen LogP contribution in [0, 0.1) is 5.92 Å². The third-order valence-corrected chi connectivity index (χ3v) is 4.35. The highest BCUT2D eigenvalue weighted by molar-refractivity contribution is 5.58. The first-order valence-corrected chi connectivity index (χ1v) is 6.79. The number of benzene rings is 1. The SMILES string of the molecule is CC1C(N)CCN(c2ccc3c(c2)OC(F)(F)O3)C1C. The summed E-state index contributed by atoms with van der Waals surface area (Å²) >= 11 is 0. The van der Waals surface area contributed by atoms with Crippen molar-refractivity contribution >= 4 is 5.69 Å². The second kappa shape index (κ2) is 4.48. The van der Waals surface area contributed by atoms with Crippen molar-refractivity contribution in [3.05, 3.63) is 18.2 Å². The molecule has 0 aliphatic carbocycles. The molecule has 0 spiro atoms. The van der Waals surface area contributed by atoms with E-state index in [1.165, 1.54) is 6.07 Å². The maximum absolute atomic E-state index is 13.0. The molecule has 2 aliphatic heterocycles. The molecule has 1 fully saturated rings. The predicted molar refractivity (Wildman–Crippen MR) is 71.2 cm³/mol. The third kappa shape index (κ3) is 2.18. The Kier molecular flexibility index (Phi) is 3.01. The number of ether oxygens (including phenoxy) is 2. The van der Waals surface area contributed by atoms with E-state index in [4.69, 9.17) is 5.73 Å². The lowest BCUT2D eigenvalue weighted by atomic mass is 9.87. The summed E-state index contributed by atoms with van der Waals surface area (Å²) in [6.07, 6.45) is -2.68. The molecule has 2 heterocycles. The Balaban J connectivity index is 1.86. The Morgan fingerprint density at radius 1 is 1.25 bits per heavy atom. The van der Waals surface area contributed by atoms with Gasteiger partial charge in [-0.15, -0.1) is 8.78 Å². The number of fused-ring (bicyclic) bond motifs is 1. The van der Waals surface area contributed by atoms with E-state index in [1.807, 2.05) is 0 Å². The predicted octanol–water partition coefficient (Wildman–Crippen LogP) is 2.57. The van der Waals surface area contributed by atoms with Crippen LogP contribution in [0.5, 0.6) is 11.5 Å². The molecule has 1 aromatic carbocycles. The van der Waals surface area contributed by atoms with Crippen LogP contribution in [0.1, 0.15) is 20.3 Å². The molecule has 2 aliphatic rings. The fraction of sp³-hybridized carbons (Fsp3) is 0.571. The largest absolute Gasteiger partial charge is 0.586 e. The van der Waals surface area contributed by atoms with E-state index >= 15 is 0 Å². The van der Waals surface area contributed by atoms with Gasteiger partial charge in [0.25, 0.3) is 0 Å². The van der Waals surface area contributed by atoms with E-state index in [9.17, 15) is 8.78 Å². The van der Waals surface area contributed by atoms with Gasteiger partial charge in [-0.25, -0.2) is 0 Å². The van der Waals surface area contributed by atoms with Gasteiger partial charge in [0.15, 0.2) is 11.5 Å². The second-order valence-corrected chi connectivity index (χ2v) is 5.54. The first-order valence-electron chi connectivity index (χ1n) is 6.79. The van der Waals surface area contributed by atoms with Gasteiger partial charge in [0.1, 0.15) is 0 Å². The molecule has 110 valence electrons. The van der Waals surface area contributed by atoms with E-state index < -0.39 is 6.29 Å². The number of alkyl halides is 2. The number of hydrogen-bond donors (Lipinski definition) is 1. The molecule has 3 rings (SSSR count). The highest BCUT2D eigenvalue weighted by Gasteiger charge is 2.43. The zero-order chi connectivity index (χ0) is 14.5. The van der Waals surface area contributed by atoms with Gasteiger partial charge in [-0.1, -0.05) is 6.92 Å². The van der Waals surface area contributed by atoms with Gasteiger partial charge < -0.3 is 20.1 Å². The van der Waals surface area contributed by atoms with Gasteiger partial charge in [0, 0.05) is 30.4 Å². The number of anilines is 1. The van der Waals surface area contributed by atoms with Crippen LogP contribution in [0.2, 0.25) is 0 Å². The van der Waals surface area contributed by atoms with Crippen molar-refractivity contribution in [1.82, 2.24) is 0 Å². The lowest BCUT2D eigenvalue weighted by Gasteiger charge is -2.42. The van der Waals surface area contributed by atoms with Crippen LogP contribution in [0.4, 0.5) is 14.5 Å². The minimum Gasteiger partial charge on any atom is -0.395 e. The summed E-state index contributed by atoms with van der Waals surface area (Å²) in [6, 6.07) is 5.34. The Hall–Kier alpha value is -1.56. The van der Waals surface area contributed by atoms with E-state index in [1.54, 1.807) is 12.1 Å². The average molecular weight is 284 g/mol. The molecule has 0 saturated carbocycles. The van der Waals surface area contributed by atoms with Gasteiger partial charge in [-0.2, -0.15) is 0 Å². The van der Waals surface area contributed by atoms with Gasteiger partial charge in [-0.3, -0.25) is 0 Å². The molecule has 4 nitrogen and oxygen atoms in total. The molecule has 0 radical (unpaired) electrons. The van der Waals surface area contributed by atoms with Crippen molar-refractivity contribution in [1.29, 1.82) is 0 Å². The van der Waals surface area contributed by atoms with Crippen LogP contribution in [0.3, 0.4) is 0 Å². The van der Waals surface area contributed by atoms with Crippen molar-refractivity contribution in [3.63, 3.8) is 0 Å². The molecule has 20 heavy (non-hydrogen) atoms. The van der Waals surface area contributed by atoms with Crippen LogP contribution < -0.4 is 20.1 Å². The van der Waals surface area contributed by atoms with Crippen LogP contribution in [0.15, 0.2) is 18.2 Å². The normalized spacial score (nSPS) is 31.4. The minimum absolute atomic E-state index is 0.0770. The smallest absolute Gasteiger partial charge is 0.395 e. The van der Waals surface area contributed by atoms with E-state index in [2.05, 4.69) is 28.2 Å². The van der Waals surface area contributed by atoms with Crippen molar-refractivity contribution in [2.24, 2.45) is 11.7 Å². The van der Waals surface area contributed by atoms with Crippen molar-refractivity contribution in [2.75, 3.05) is 11.4 Å². The molecule has 1 aromatic rings. The van der Waals surface area contributed by atoms with E-state index in [0.29, 0.717) is 5.92 Å². The van der Waals surface area contributed by atoms with Gasteiger partial charge in [0.2, 0.25) is 0 Å². The first kappa shape index (κ1) is 13.4. The zero-order valence-corrected chi connectivity index (χ0v) is 11.5. The molecule has 0 bridgehead atoms. The summed E-state index contributed by atoms with van der Waals surface area (Å²) < 4.78 is 35.0. The quantitative estimate of drug-likeness (QED) is 0.861. The Morgan fingerprint density at radius 2 is 1.95 bits per heavy atom. The summed E-state index contributed by atoms with van der Waals surface area (Å²) in [5, 5.41) is 0. The Bertz CT molecular complexity index is 524. The summed E-state index contributed by atoms with van der Waals surface area (Å²) in [5.41, 5.74) is 6.92. The van der Waals surface area contributed by atoms with Crippen LogP contribution in [-0.4, -0.2) is 24.9 Å². The lowest BCUT2D eigenvalue weighted by Crippen LogP contribution is -2.51.